The predicted octanol–water partition coefficient (Wildman–Crippen LogP) is 5.34. The minimum absolute atomic E-state index is 0.00980. The molecule has 2 amide bonds. The average Bonchev–Trinajstić information content (AvgIpc) is 3.02. The molecule has 1 aliphatic heterocycles. The van der Waals surface area contributed by atoms with Crippen LogP contribution >= 0.6 is 23.2 Å². The zero-order valence-corrected chi connectivity index (χ0v) is 18.1. The van der Waals surface area contributed by atoms with Gasteiger partial charge < -0.3 is 4.74 Å². The maximum atomic E-state index is 12.7. The molecule has 1 fully saturated rings. The highest BCUT2D eigenvalue weighted by atomic mass is 35.5. The number of ether oxygens (including phenoxy) is 1. The van der Waals surface area contributed by atoms with E-state index in [2.05, 4.69) is 5.43 Å². The first-order chi connectivity index (χ1) is 14.9. The number of hydrogen-bond donors (Lipinski definition) is 1. The van der Waals surface area contributed by atoms with Crippen molar-refractivity contribution in [3.05, 3.63) is 99.0 Å². The van der Waals surface area contributed by atoms with Gasteiger partial charge in [-0.15, -0.1) is 0 Å². The van der Waals surface area contributed by atoms with Crippen molar-refractivity contribution in [3.63, 3.8) is 0 Å². The summed E-state index contributed by atoms with van der Waals surface area (Å²) in [7, 11) is 0. The maximum absolute atomic E-state index is 12.7. The second kappa shape index (κ2) is 8.84. The topological polar surface area (TPSA) is 58.6 Å². The number of halogens is 2. The van der Waals surface area contributed by atoms with Crippen LogP contribution in [-0.2, 0) is 16.2 Å². The number of carbonyl (C=O) groups excluding carboxylic acids is 2. The summed E-state index contributed by atoms with van der Waals surface area (Å²) in [6.45, 7) is 2.32. The van der Waals surface area contributed by atoms with Gasteiger partial charge in [-0.1, -0.05) is 71.2 Å². The van der Waals surface area contributed by atoms with Gasteiger partial charge >= 0.3 is 0 Å². The van der Waals surface area contributed by atoms with E-state index in [-0.39, 0.29) is 15.6 Å². The van der Waals surface area contributed by atoms with E-state index >= 15 is 0 Å². The highest BCUT2D eigenvalue weighted by molar-refractivity contribution is 6.37. The molecule has 0 unspecified atom stereocenters. The highest BCUT2D eigenvalue weighted by Gasteiger charge is 2.34. The van der Waals surface area contributed by atoms with Crippen LogP contribution in [0.2, 0.25) is 10.0 Å². The molecule has 5 nitrogen and oxygen atoms in total. The number of para-hydroxylation sites is 1. The van der Waals surface area contributed by atoms with Crippen LogP contribution in [-0.4, -0.2) is 11.8 Å². The summed E-state index contributed by atoms with van der Waals surface area (Å²) >= 11 is 12.8. The van der Waals surface area contributed by atoms with Crippen LogP contribution in [0.4, 0.5) is 5.69 Å². The number of amides is 2. The summed E-state index contributed by atoms with van der Waals surface area (Å²) in [6.07, 6.45) is 1.46. The van der Waals surface area contributed by atoms with E-state index in [1.54, 1.807) is 36.4 Å². The van der Waals surface area contributed by atoms with Crippen molar-refractivity contribution in [2.24, 2.45) is 0 Å². The third kappa shape index (κ3) is 4.58. The van der Waals surface area contributed by atoms with Gasteiger partial charge in [0.15, 0.2) is 5.75 Å². The van der Waals surface area contributed by atoms with Crippen LogP contribution < -0.4 is 15.2 Å². The van der Waals surface area contributed by atoms with E-state index < -0.39 is 11.8 Å². The van der Waals surface area contributed by atoms with Gasteiger partial charge in [-0.25, -0.2) is 5.01 Å². The van der Waals surface area contributed by atoms with E-state index in [1.807, 2.05) is 37.3 Å². The van der Waals surface area contributed by atoms with Crippen molar-refractivity contribution >= 4 is 46.8 Å². The Morgan fingerprint density at radius 1 is 0.968 bits per heavy atom. The monoisotopic (exact) mass is 452 g/mol. The molecule has 0 aromatic heterocycles. The molecule has 1 heterocycles. The lowest BCUT2D eigenvalue weighted by Gasteiger charge is -2.14. The van der Waals surface area contributed by atoms with E-state index in [0.717, 1.165) is 11.1 Å². The Bertz CT molecular complexity index is 1170. The Hall–Kier alpha value is -3.28. The lowest BCUT2D eigenvalue weighted by Crippen LogP contribution is -2.35. The molecule has 3 aromatic rings. The number of hydrazine groups is 1. The smallest absolute Gasteiger partial charge is 0.282 e. The first kappa shape index (κ1) is 21.0. The van der Waals surface area contributed by atoms with Crippen molar-refractivity contribution in [2.75, 3.05) is 5.01 Å². The fourth-order valence-electron chi connectivity index (χ4n) is 3.24. The number of carbonyl (C=O) groups is 2. The third-order valence-corrected chi connectivity index (χ3v) is 5.26. The van der Waals surface area contributed by atoms with E-state index in [1.165, 1.54) is 11.1 Å². The van der Waals surface area contributed by atoms with Crippen LogP contribution in [0.3, 0.4) is 0 Å². The first-order valence-corrected chi connectivity index (χ1v) is 10.3. The van der Waals surface area contributed by atoms with Crippen molar-refractivity contribution in [1.29, 1.82) is 0 Å². The Morgan fingerprint density at radius 2 is 1.68 bits per heavy atom. The molecule has 156 valence electrons. The van der Waals surface area contributed by atoms with Crippen LogP contribution in [0.15, 0.2) is 72.3 Å². The molecule has 0 bridgehead atoms. The summed E-state index contributed by atoms with van der Waals surface area (Å²) in [5.74, 6) is -0.607. The normalized spacial score (nSPS) is 14.8. The van der Waals surface area contributed by atoms with Gasteiger partial charge in [-0.05, 0) is 48.4 Å². The summed E-state index contributed by atoms with van der Waals surface area (Å²) in [5, 5.41) is 1.78. The van der Waals surface area contributed by atoms with Gasteiger partial charge in [0.05, 0.1) is 15.7 Å². The van der Waals surface area contributed by atoms with Crippen molar-refractivity contribution < 1.29 is 14.3 Å². The van der Waals surface area contributed by atoms with Crippen molar-refractivity contribution in [2.45, 2.75) is 13.5 Å². The van der Waals surface area contributed by atoms with Crippen molar-refractivity contribution in [1.82, 2.24) is 5.43 Å². The summed E-state index contributed by atoms with van der Waals surface area (Å²) in [6, 6.07) is 20.0. The lowest BCUT2D eigenvalue weighted by molar-refractivity contribution is -0.117. The molecule has 0 spiro atoms. The average molecular weight is 453 g/mol. The molecule has 0 aliphatic carbocycles. The van der Waals surface area contributed by atoms with Crippen LogP contribution in [0.5, 0.6) is 5.75 Å². The Balaban J connectivity index is 1.56. The molecule has 1 saturated heterocycles. The highest BCUT2D eigenvalue weighted by Crippen LogP contribution is 2.36. The molecule has 0 saturated carbocycles. The van der Waals surface area contributed by atoms with Gasteiger partial charge in [0, 0.05) is 0 Å². The Morgan fingerprint density at radius 3 is 2.35 bits per heavy atom. The van der Waals surface area contributed by atoms with Gasteiger partial charge in [-0.2, -0.15) is 0 Å². The number of aryl methyl sites for hydroxylation is 1. The first-order valence-electron chi connectivity index (χ1n) is 9.52. The zero-order valence-electron chi connectivity index (χ0n) is 16.6. The van der Waals surface area contributed by atoms with Gasteiger partial charge in [0.25, 0.3) is 11.8 Å². The van der Waals surface area contributed by atoms with Crippen LogP contribution in [0, 0.1) is 6.92 Å². The molecule has 0 atom stereocenters. The number of rotatable bonds is 5. The molecule has 3 aromatic carbocycles. The number of nitrogens with zero attached hydrogens (tertiary/aromatic N) is 1. The fourth-order valence-corrected chi connectivity index (χ4v) is 3.85. The second-order valence-corrected chi connectivity index (χ2v) is 7.88. The Kier molecular flexibility index (Phi) is 5.98. The number of benzene rings is 3. The van der Waals surface area contributed by atoms with Gasteiger partial charge in [-0.3, -0.25) is 15.0 Å². The fraction of sp³-hybridized carbons (Fsp3) is 0.0833. The van der Waals surface area contributed by atoms with E-state index in [0.29, 0.717) is 23.6 Å². The molecule has 1 aliphatic rings. The summed E-state index contributed by atoms with van der Waals surface area (Å²) in [5.41, 5.74) is 5.76. The standard InChI is InChI=1S/C24H18Cl2N2O3/c1-15-6-5-7-16(10-15)14-31-22-20(25)12-17(13-21(22)26)11-19-23(29)27-28(24(19)30)18-8-3-2-4-9-18/h2-13H,14H2,1H3,(H,27,29)/b19-11-. The van der Waals surface area contributed by atoms with E-state index in [9.17, 15) is 9.59 Å². The largest absolute Gasteiger partial charge is 0.486 e. The number of anilines is 1. The summed E-state index contributed by atoms with van der Waals surface area (Å²) in [4.78, 5) is 25.1. The molecule has 0 radical (unpaired) electrons. The number of nitrogens with one attached hydrogen (secondary N) is 1. The van der Waals surface area contributed by atoms with E-state index in [4.69, 9.17) is 27.9 Å². The summed E-state index contributed by atoms with van der Waals surface area (Å²) < 4.78 is 5.81. The lowest BCUT2D eigenvalue weighted by atomic mass is 10.1. The van der Waals surface area contributed by atoms with Crippen molar-refractivity contribution in [3.8, 4) is 5.75 Å². The quantitative estimate of drug-likeness (QED) is 0.419. The molecule has 7 heteroatoms. The molecule has 31 heavy (non-hydrogen) atoms. The number of hydrogen-bond acceptors (Lipinski definition) is 3. The molecular weight excluding hydrogens is 435 g/mol. The maximum Gasteiger partial charge on any atom is 0.282 e. The van der Waals surface area contributed by atoms with Crippen LogP contribution in [0.1, 0.15) is 16.7 Å². The minimum Gasteiger partial charge on any atom is -0.486 e. The second-order valence-electron chi connectivity index (χ2n) is 7.07. The predicted molar refractivity (Wildman–Crippen MR) is 122 cm³/mol. The minimum atomic E-state index is -0.499. The zero-order chi connectivity index (χ0) is 22.0. The van der Waals surface area contributed by atoms with Gasteiger partial charge in [0.1, 0.15) is 12.2 Å². The molecule has 4 rings (SSSR count). The van der Waals surface area contributed by atoms with Crippen LogP contribution in [0.25, 0.3) is 6.08 Å². The Labute approximate surface area is 189 Å². The van der Waals surface area contributed by atoms with Gasteiger partial charge in [0.2, 0.25) is 0 Å². The molecule has 1 N–H and O–H groups in total. The SMILES string of the molecule is Cc1cccc(COc2c(Cl)cc(/C=C3/C(=O)NN(c4ccccc4)C3=O)cc2Cl)c1. The third-order valence-electron chi connectivity index (χ3n) is 4.70. The molecular formula is C24H18Cl2N2O3.